The number of nitrogens with one attached hydrogen (secondary N) is 1. The molecular weight excluding hydrogens is 344 g/mol. The van der Waals surface area contributed by atoms with Crippen molar-refractivity contribution in [2.24, 2.45) is 0 Å². The van der Waals surface area contributed by atoms with Crippen molar-refractivity contribution in [1.29, 1.82) is 0 Å². The molecule has 2 aromatic carbocycles. The van der Waals surface area contributed by atoms with Gasteiger partial charge in [-0.15, -0.1) is 0 Å². The molecule has 0 saturated carbocycles. The molecule has 2 aliphatic heterocycles. The molecule has 1 fully saturated rings. The predicted octanol–water partition coefficient (Wildman–Crippen LogP) is -0.372. The minimum atomic E-state index is -0.139. The van der Waals surface area contributed by atoms with Crippen LogP contribution in [0.15, 0.2) is 54.6 Å². The SMILES string of the molecule is O=C1C(c2ccccc2)c2ccccc2N1CCC[NH+]1CCCCC1.[Cl-]. The number of fused-ring (bicyclic) bond motifs is 1. The van der Waals surface area contributed by atoms with Crippen LogP contribution in [0.2, 0.25) is 0 Å². The van der Waals surface area contributed by atoms with Gasteiger partial charge < -0.3 is 22.2 Å². The number of likely N-dealkylation sites (tertiary alicyclic amines) is 1. The fraction of sp³-hybridized carbons (Fsp3) is 0.409. The normalized spacial score (nSPS) is 19.9. The van der Waals surface area contributed by atoms with Crippen molar-refractivity contribution in [3.8, 4) is 0 Å². The van der Waals surface area contributed by atoms with Crippen molar-refractivity contribution in [3.05, 3.63) is 65.7 Å². The van der Waals surface area contributed by atoms with Crippen LogP contribution in [-0.4, -0.2) is 32.1 Å². The molecule has 3 nitrogen and oxygen atoms in total. The first-order valence-electron chi connectivity index (χ1n) is 9.63. The Morgan fingerprint density at radius 3 is 2.38 bits per heavy atom. The van der Waals surface area contributed by atoms with Crippen LogP contribution >= 0.6 is 0 Å². The molecule has 0 bridgehead atoms. The standard InChI is InChI=1S/C22H26N2O.ClH/c25-22-21(18-10-3-1-4-11-18)19-12-5-6-13-20(19)24(22)17-9-16-23-14-7-2-8-15-23;/h1,3-6,10-13,21H,2,7-9,14-17H2;1H. The van der Waals surface area contributed by atoms with Crippen LogP contribution in [0.25, 0.3) is 0 Å². The van der Waals surface area contributed by atoms with Gasteiger partial charge >= 0.3 is 0 Å². The number of carbonyl (C=O) groups is 1. The first-order chi connectivity index (χ1) is 12.3. The molecule has 2 heterocycles. The van der Waals surface area contributed by atoms with Gasteiger partial charge in [0.25, 0.3) is 0 Å². The van der Waals surface area contributed by atoms with E-state index in [1.807, 2.05) is 35.2 Å². The Labute approximate surface area is 162 Å². The van der Waals surface area contributed by atoms with E-state index >= 15 is 0 Å². The zero-order valence-electron chi connectivity index (χ0n) is 15.2. The number of halogens is 1. The number of carbonyl (C=O) groups excluding carboxylic acids is 1. The van der Waals surface area contributed by atoms with Crippen LogP contribution < -0.4 is 22.2 Å². The minimum absolute atomic E-state index is 0. The molecule has 1 unspecified atom stereocenters. The lowest BCUT2D eigenvalue weighted by Gasteiger charge is -2.25. The van der Waals surface area contributed by atoms with E-state index in [1.54, 1.807) is 4.90 Å². The number of amides is 1. The summed E-state index contributed by atoms with van der Waals surface area (Å²) in [5.74, 6) is 0.0979. The molecule has 4 rings (SSSR count). The lowest BCUT2D eigenvalue weighted by atomic mass is 9.93. The van der Waals surface area contributed by atoms with Gasteiger partial charge in [-0.25, -0.2) is 0 Å². The van der Waals surface area contributed by atoms with Crippen LogP contribution in [-0.2, 0) is 4.79 Å². The maximum absolute atomic E-state index is 13.2. The number of benzene rings is 2. The molecular formula is C22H27ClN2O. The maximum Gasteiger partial charge on any atom is 0.239 e. The van der Waals surface area contributed by atoms with Crippen molar-refractivity contribution in [2.45, 2.75) is 31.6 Å². The van der Waals surface area contributed by atoms with Crippen molar-refractivity contribution in [3.63, 3.8) is 0 Å². The average molecular weight is 371 g/mol. The zero-order chi connectivity index (χ0) is 17.1. The molecule has 0 aromatic heterocycles. The number of piperidine rings is 1. The predicted molar refractivity (Wildman–Crippen MR) is 101 cm³/mol. The monoisotopic (exact) mass is 370 g/mol. The minimum Gasteiger partial charge on any atom is -1.00 e. The molecule has 1 saturated heterocycles. The fourth-order valence-corrected chi connectivity index (χ4v) is 4.37. The van der Waals surface area contributed by atoms with E-state index < -0.39 is 0 Å². The highest BCUT2D eigenvalue weighted by molar-refractivity contribution is 6.06. The van der Waals surface area contributed by atoms with Gasteiger partial charge in [0.2, 0.25) is 5.91 Å². The topological polar surface area (TPSA) is 24.8 Å². The summed E-state index contributed by atoms with van der Waals surface area (Å²) in [6, 6.07) is 18.5. The van der Waals surface area contributed by atoms with Crippen molar-refractivity contribution < 1.29 is 22.1 Å². The fourth-order valence-electron chi connectivity index (χ4n) is 4.37. The third kappa shape index (κ3) is 3.79. The zero-order valence-corrected chi connectivity index (χ0v) is 15.9. The van der Waals surface area contributed by atoms with E-state index in [1.165, 1.54) is 38.9 Å². The molecule has 1 N–H and O–H groups in total. The Balaban J connectivity index is 0.00000196. The lowest BCUT2D eigenvalue weighted by molar-refractivity contribution is -0.904. The summed E-state index contributed by atoms with van der Waals surface area (Å²) in [7, 11) is 0. The molecule has 138 valence electrons. The summed E-state index contributed by atoms with van der Waals surface area (Å²) < 4.78 is 0. The maximum atomic E-state index is 13.2. The molecule has 0 aliphatic carbocycles. The summed E-state index contributed by atoms with van der Waals surface area (Å²) in [5, 5.41) is 0. The molecule has 0 radical (unpaired) electrons. The van der Waals surface area contributed by atoms with Crippen LogP contribution in [0.3, 0.4) is 0 Å². The van der Waals surface area contributed by atoms with Crippen LogP contribution in [0.4, 0.5) is 5.69 Å². The van der Waals surface area contributed by atoms with Gasteiger partial charge in [-0.2, -0.15) is 0 Å². The summed E-state index contributed by atoms with van der Waals surface area (Å²) in [5.41, 5.74) is 3.36. The third-order valence-corrected chi connectivity index (χ3v) is 5.66. The second kappa shape index (κ2) is 8.70. The molecule has 1 amide bonds. The van der Waals surface area contributed by atoms with Gasteiger partial charge in [0, 0.05) is 18.7 Å². The van der Waals surface area contributed by atoms with E-state index in [-0.39, 0.29) is 24.2 Å². The summed E-state index contributed by atoms with van der Waals surface area (Å²) in [6.07, 6.45) is 5.19. The van der Waals surface area contributed by atoms with Gasteiger partial charge in [0.05, 0.1) is 25.6 Å². The first kappa shape index (κ1) is 18.9. The quantitative estimate of drug-likeness (QED) is 0.763. The number of rotatable bonds is 5. The Kier molecular flexibility index (Phi) is 6.33. The summed E-state index contributed by atoms with van der Waals surface area (Å²) in [4.78, 5) is 16.9. The Bertz CT molecular complexity index is 728. The number of quaternary nitrogens is 1. The van der Waals surface area contributed by atoms with Gasteiger partial charge in [-0.05, 0) is 36.5 Å². The van der Waals surface area contributed by atoms with E-state index in [0.29, 0.717) is 0 Å². The van der Waals surface area contributed by atoms with Gasteiger partial charge in [-0.1, -0.05) is 48.5 Å². The van der Waals surface area contributed by atoms with Crippen LogP contribution in [0.1, 0.15) is 42.7 Å². The van der Waals surface area contributed by atoms with E-state index in [4.69, 9.17) is 0 Å². The Morgan fingerprint density at radius 1 is 0.923 bits per heavy atom. The molecule has 0 spiro atoms. The van der Waals surface area contributed by atoms with E-state index in [0.717, 1.165) is 29.8 Å². The number of hydrogen-bond acceptors (Lipinski definition) is 1. The van der Waals surface area contributed by atoms with Crippen molar-refractivity contribution in [1.82, 2.24) is 0 Å². The number of anilines is 1. The first-order valence-corrected chi connectivity index (χ1v) is 9.63. The average Bonchev–Trinajstić information content (AvgIpc) is 2.95. The summed E-state index contributed by atoms with van der Waals surface area (Å²) >= 11 is 0. The highest BCUT2D eigenvalue weighted by Crippen LogP contribution is 2.40. The van der Waals surface area contributed by atoms with E-state index in [2.05, 4.69) is 24.3 Å². The van der Waals surface area contributed by atoms with Crippen LogP contribution in [0.5, 0.6) is 0 Å². The number of hydrogen-bond donors (Lipinski definition) is 1. The van der Waals surface area contributed by atoms with Gasteiger partial charge in [-0.3, -0.25) is 4.79 Å². The second-order valence-corrected chi connectivity index (χ2v) is 7.31. The van der Waals surface area contributed by atoms with Crippen molar-refractivity contribution >= 4 is 11.6 Å². The molecule has 26 heavy (non-hydrogen) atoms. The molecule has 4 heteroatoms. The Morgan fingerprint density at radius 2 is 1.62 bits per heavy atom. The van der Waals surface area contributed by atoms with E-state index in [9.17, 15) is 4.79 Å². The molecule has 2 aromatic rings. The van der Waals surface area contributed by atoms with Gasteiger partial charge in [0.1, 0.15) is 0 Å². The number of nitrogens with zero attached hydrogens (tertiary/aromatic N) is 1. The van der Waals surface area contributed by atoms with Crippen LogP contribution in [0, 0.1) is 0 Å². The van der Waals surface area contributed by atoms with Gasteiger partial charge in [0.15, 0.2) is 0 Å². The largest absolute Gasteiger partial charge is 1.00 e. The number of para-hydroxylation sites is 1. The molecule has 2 aliphatic rings. The molecule has 1 atom stereocenters. The highest BCUT2D eigenvalue weighted by atomic mass is 35.5. The lowest BCUT2D eigenvalue weighted by Crippen LogP contribution is -3.12. The third-order valence-electron chi connectivity index (χ3n) is 5.66. The summed E-state index contributed by atoms with van der Waals surface area (Å²) in [6.45, 7) is 4.62. The Hall–Kier alpha value is -1.84. The van der Waals surface area contributed by atoms with Crippen molar-refractivity contribution in [2.75, 3.05) is 31.1 Å². The highest BCUT2D eigenvalue weighted by Gasteiger charge is 2.37. The second-order valence-electron chi connectivity index (χ2n) is 7.31. The smallest absolute Gasteiger partial charge is 0.239 e.